The van der Waals surface area contributed by atoms with E-state index in [9.17, 15) is 4.79 Å². The third kappa shape index (κ3) is 3.43. The molecule has 2 aromatic carbocycles. The van der Waals surface area contributed by atoms with Crippen molar-refractivity contribution in [3.8, 4) is 0 Å². The molecule has 2 N–H and O–H groups in total. The predicted molar refractivity (Wildman–Crippen MR) is 94.3 cm³/mol. The molecule has 22 heavy (non-hydrogen) atoms. The Bertz CT molecular complexity index is 670. The van der Waals surface area contributed by atoms with Crippen LogP contribution in [0.4, 0.5) is 17.1 Å². The number of hydrogen-bond acceptors (Lipinski definition) is 2. The minimum Gasteiger partial charge on any atom is -0.332 e. The molecule has 5 heteroatoms. The molecule has 0 aromatic heterocycles. The Balaban J connectivity index is 1.61. The maximum absolute atomic E-state index is 11.7. The van der Waals surface area contributed by atoms with Gasteiger partial charge in [0.05, 0.1) is 0 Å². The molecule has 0 bridgehead atoms. The van der Waals surface area contributed by atoms with E-state index in [-0.39, 0.29) is 5.91 Å². The molecule has 1 fully saturated rings. The van der Waals surface area contributed by atoms with Gasteiger partial charge in [0, 0.05) is 30.0 Å². The maximum Gasteiger partial charge on any atom is 0.227 e. The van der Waals surface area contributed by atoms with Crippen LogP contribution in [0.25, 0.3) is 0 Å². The highest BCUT2D eigenvalue weighted by atomic mass is 32.1. The van der Waals surface area contributed by atoms with Gasteiger partial charge in [-0.05, 0) is 55.0 Å². The van der Waals surface area contributed by atoms with Gasteiger partial charge in [0.2, 0.25) is 5.91 Å². The van der Waals surface area contributed by atoms with E-state index >= 15 is 0 Å². The van der Waals surface area contributed by atoms with Gasteiger partial charge in [-0.3, -0.25) is 4.79 Å². The van der Waals surface area contributed by atoms with Crippen molar-refractivity contribution < 1.29 is 4.79 Å². The van der Waals surface area contributed by atoms with Crippen LogP contribution in [0.5, 0.6) is 0 Å². The summed E-state index contributed by atoms with van der Waals surface area (Å²) in [5, 5.41) is 6.80. The quantitative estimate of drug-likeness (QED) is 0.850. The fraction of sp³-hybridized carbons (Fsp3) is 0.176. The van der Waals surface area contributed by atoms with Crippen LogP contribution >= 0.6 is 12.2 Å². The molecular formula is C17H17N3OS. The molecule has 3 rings (SSSR count). The van der Waals surface area contributed by atoms with Crippen LogP contribution in [-0.2, 0) is 4.79 Å². The summed E-state index contributed by atoms with van der Waals surface area (Å²) in [5.41, 5.74) is 2.78. The van der Waals surface area contributed by atoms with E-state index in [1.807, 2.05) is 59.5 Å². The van der Waals surface area contributed by atoms with Gasteiger partial charge < -0.3 is 15.5 Å². The number of carbonyl (C=O) groups excluding carboxylic acids is 1. The van der Waals surface area contributed by atoms with Crippen LogP contribution in [0.2, 0.25) is 0 Å². The van der Waals surface area contributed by atoms with Gasteiger partial charge in [-0.2, -0.15) is 0 Å². The topological polar surface area (TPSA) is 44.4 Å². The summed E-state index contributed by atoms with van der Waals surface area (Å²) in [4.78, 5) is 13.5. The van der Waals surface area contributed by atoms with Gasteiger partial charge in [0.15, 0.2) is 5.11 Å². The van der Waals surface area contributed by atoms with Crippen LogP contribution in [0, 0.1) is 0 Å². The highest BCUT2D eigenvalue weighted by Crippen LogP contribution is 2.23. The third-order valence-corrected chi connectivity index (χ3v) is 3.75. The van der Waals surface area contributed by atoms with Gasteiger partial charge in [0.25, 0.3) is 0 Å². The van der Waals surface area contributed by atoms with E-state index in [4.69, 9.17) is 12.2 Å². The van der Waals surface area contributed by atoms with Crippen LogP contribution in [0.1, 0.15) is 12.8 Å². The molecule has 1 saturated heterocycles. The summed E-state index contributed by atoms with van der Waals surface area (Å²) in [6.07, 6.45) is 1.58. The van der Waals surface area contributed by atoms with E-state index in [0.29, 0.717) is 11.5 Å². The van der Waals surface area contributed by atoms with Gasteiger partial charge in [-0.1, -0.05) is 18.2 Å². The molecule has 1 aliphatic rings. The van der Waals surface area contributed by atoms with Crippen molar-refractivity contribution in [2.24, 2.45) is 0 Å². The predicted octanol–water partition coefficient (Wildman–Crippen LogP) is 3.62. The largest absolute Gasteiger partial charge is 0.332 e. The summed E-state index contributed by atoms with van der Waals surface area (Å²) in [7, 11) is 0. The highest BCUT2D eigenvalue weighted by Gasteiger charge is 2.21. The standard InChI is InChI=1S/C17H17N3OS/c21-16-7-4-12-20(16)15-10-8-14(9-11-15)19-17(22)18-13-5-2-1-3-6-13/h1-3,5-6,8-11H,4,7,12H2,(H2,18,19,22). The lowest BCUT2D eigenvalue weighted by Gasteiger charge is -2.16. The van der Waals surface area contributed by atoms with Crippen molar-refractivity contribution in [2.45, 2.75) is 12.8 Å². The Kier molecular flexibility index (Phi) is 4.34. The second-order valence-corrected chi connectivity index (χ2v) is 5.55. The van der Waals surface area contributed by atoms with Gasteiger partial charge in [0.1, 0.15) is 0 Å². The van der Waals surface area contributed by atoms with Crippen molar-refractivity contribution >= 4 is 40.3 Å². The van der Waals surface area contributed by atoms with E-state index < -0.39 is 0 Å². The van der Waals surface area contributed by atoms with E-state index in [2.05, 4.69) is 10.6 Å². The lowest BCUT2D eigenvalue weighted by molar-refractivity contribution is -0.117. The molecule has 112 valence electrons. The van der Waals surface area contributed by atoms with E-state index in [0.717, 1.165) is 30.0 Å². The van der Waals surface area contributed by atoms with Crippen molar-refractivity contribution in [3.63, 3.8) is 0 Å². The molecule has 4 nitrogen and oxygen atoms in total. The summed E-state index contributed by atoms with van der Waals surface area (Å²) in [6.45, 7) is 0.805. The van der Waals surface area contributed by atoms with Gasteiger partial charge >= 0.3 is 0 Å². The fourth-order valence-corrected chi connectivity index (χ4v) is 2.70. The molecule has 0 atom stereocenters. The molecule has 0 saturated carbocycles. The van der Waals surface area contributed by atoms with Crippen LogP contribution in [0.3, 0.4) is 0 Å². The van der Waals surface area contributed by atoms with E-state index in [1.54, 1.807) is 0 Å². The minimum atomic E-state index is 0.196. The van der Waals surface area contributed by atoms with Crippen molar-refractivity contribution in [1.29, 1.82) is 0 Å². The average molecular weight is 311 g/mol. The summed E-state index contributed by atoms with van der Waals surface area (Å²) >= 11 is 5.29. The first-order valence-corrected chi connectivity index (χ1v) is 7.67. The smallest absolute Gasteiger partial charge is 0.227 e. The molecule has 0 unspecified atom stereocenters. The lowest BCUT2D eigenvalue weighted by atomic mass is 10.2. The number of nitrogens with zero attached hydrogens (tertiary/aromatic N) is 1. The third-order valence-electron chi connectivity index (χ3n) is 3.54. The van der Waals surface area contributed by atoms with E-state index in [1.165, 1.54) is 0 Å². The molecular weight excluding hydrogens is 294 g/mol. The number of anilines is 3. The number of rotatable bonds is 3. The Hall–Kier alpha value is -2.40. The molecule has 0 radical (unpaired) electrons. The first-order valence-electron chi connectivity index (χ1n) is 7.26. The molecule has 1 heterocycles. The normalized spacial score (nSPS) is 14.0. The first-order chi connectivity index (χ1) is 10.7. The van der Waals surface area contributed by atoms with Crippen LogP contribution < -0.4 is 15.5 Å². The van der Waals surface area contributed by atoms with Crippen LogP contribution in [0.15, 0.2) is 54.6 Å². The number of amides is 1. The van der Waals surface area contributed by atoms with Crippen LogP contribution in [-0.4, -0.2) is 17.6 Å². The van der Waals surface area contributed by atoms with Gasteiger partial charge in [-0.25, -0.2) is 0 Å². The molecule has 0 spiro atoms. The number of hydrogen-bond donors (Lipinski definition) is 2. The Morgan fingerprint density at radius 3 is 2.18 bits per heavy atom. The SMILES string of the molecule is O=C1CCCN1c1ccc(NC(=S)Nc2ccccc2)cc1. The maximum atomic E-state index is 11.7. The molecule has 0 aliphatic carbocycles. The average Bonchev–Trinajstić information content (AvgIpc) is 2.95. The molecule has 2 aromatic rings. The number of para-hydroxylation sites is 1. The lowest BCUT2D eigenvalue weighted by Crippen LogP contribution is -2.23. The Morgan fingerprint density at radius 2 is 1.59 bits per heavy atom. The summed E-state index contributed by atoms with van der Waals surface area (Å²) in [5.74, 6) is 0.196. The summed E-state index contributed by atoms with van der Waals surface area (Å²) < 4.78 is 0. The first kappa shape index (κ1) is 14.5. The Morgan fingerprint density at radius 1 is 0.955 bits per heavy atom. The zero-order valence-electron chi connectivity index (χ0n) is 12.1. The van der Waals surface area contributed by atoms with Gasteiger partial charge in [-0.15, -0.1) is 0 Å². The van der Waals surface area contributed by atoms with Crippen molar-refractivity contribution in [3.05, 3.63) is 54.6 Å². The number of nitrogens with one attached hydrogen (secondary N) is 2. The Labute approximate surface area is 135 Å². The second kappa shape index (κ2) is 6.58. The fourth-order valence-electron chi connectivity index (χ4n) is 2.46. The number of carbonyl (C=O) groups is 1. The summed E-state index contributed by atoms with van der Waals surface area (Å²) in [6, 6.07) is 17.5. The molecule has 1 amide bonds. The monoisotopic (exact) mass is 311 g/mol. The minimum absolute atomic E-state index is 0.196. The zero-order valence-corrected chi connectivity index (χ0v) is 12.9. The number of benzene rings is 2. The number of thiocarbonyl (C=S) groups is 1. The highest BCUT2D eigenvalue weighted by molar-refractivity contribution is 7.80. The molecule has 1 aliphatic heterocycles. The second-order valence-electron chi connectivity index (χ2n) is 5.14. The zero-order chi connectivity index (χ0) is 15.4. The van der Waals surface area contributed by atoms with Crippen molar-refractivity contribution in [2.75, 3.05) is 22.1 Å². The van der Waals surface area contributed by atoms with Crippen molar-refractivity contribution in [1.82, 2.24) is 0 Å².